The van der Waals surface area contributed by atoms with E-state index in [1.54, 1.807) is 4.68 Å². The van der Waals surface area contributed by atoms with Crippen LogP contribution in [-0.2, 0) is 0 Å². The Balaban J connectivity index is 1.49. The van der Waals surface area contributed by atoms with Crippen molar-refractivity contribution in [2.24, 2.45) is 0 Å². The number of likely N-dealkylation sites (tertiary alicyclic amines) is 1. The van der Waals surface area contributed by atoms with Gasteiger partial charge in [0.05, 0.1) is 11.4 Å². The molecule has 1 aromatic heterocycles. The van der Waals surface area contributed by atoms with E-state index in [4.69, 9.17) is 5.10 Å². The number of nitrogens with zero attached hydrogens (tertiary/aromatic N) is 3. The molecule has 5 nitrogen and oxygen atoms in total. The van der Waals surface area contributed by atoms with Crippen molar-refractivity contribution in [2.45, 2.75) is 45.6 Å². The molecule has 1 aliphatic rings. The second-order valence-electron chi connectivity index (χ2n) is 8.52. The number of aryl methyl sites for hydroxylation is 1. The van der Waals surface area contributed by atoms with Crippen LogP contribution in [0.1, 0.15) is 48.7 Å². The predicted molar refractivity (Wildman–Crippen MR) is 126 cm³/mol. The number of carbonyl (C=O) groups excluding carboxylic acids is 1. The molecule has 3 aromatic rings. The summed E-state index contributed by atoms with van der Waals surface area (Å²) in [5.74, 6) is -0.0807. The van der Waals surface area contributed by atoms with Gasteiger partial charge in [-0.1, -0.05) is 48.9 Å². The largest absolute Gasteiger partial charge is 0.351 e. The van der Waals surface area contributed by atoms with E-state index in [0.717, 1.165) is 35.5 Å². The average molecular weight is 417 g/mol. The summed E-state index contributed by atoms with van der Waals surface area (Å²) in [7, 11) is 0. The zero-order valence-corrected chi connectivity index (χ0v) is 18.6. The van der Waals surface area contributed by atoms with Crippen LogP contribution in [-0.4, -0.2) is 46.3 Å². The molecule has 0 aliphatic carbocycles. The number of carbonyl (C=O) groups is 1. The van der Waals surface area contributed by atoms with E-state index in [1.165, 1.54) is 25.8 Å². The molecule has 0 spiro atoms. The average Bonchev–Trinajstić information content (AvgIpc) is 3.24. The van der Waals surface area contributed by atoms with Crippen molar-refractivity contribution >= 4 is 5.91 Å². The first kappa shape index (κ1) is 21.3. The predicted octanol–water partition coefficient (Wildman–Crippen LogP) is 4.84. The summed E-state index contributed by atoms with van der Waals surface area (Å²) in [5, 5.41) is 7.89. The van der Waals surface area contributed by atoms with Crippen LogP contribution in [0.15, 0.2) is 60.7 Å². The Kier molecular flexibility index (Phi) is 6.82. The number of piperidine rings is 1. The van der Waals surface area contributed by atoms with Gasteiger partial charge in [0, 0.05) is 24.7 Å². The van der Waals surface area contributed by atoms with Gasteiger partial charge in [0.25, 0.3) is 5.91 Å². The Bertz CT molecular complexity index is 1010. The van der Waals surface area contributed by atoms with Crippen LogP contribution in [0.25, 0.3) is 16.9 Å². The van der Waals surface area contributed by atoms with E-state index in [-0.39, 0.29) is 5.91 Å². The second-order valence-corrected chi connectivity index (χ2v) is 8.52. The molecule has 0 bridgehead atoms. The van der Waals surface area contributed by atoms with Crippen molar-refractivity contribution in [1.82, 2.24) is 20.0 Å². The highest BCUT2D eigenvalue weighted by Crippen LogP contribution is 2.22. The Morgan fingerprint density at radius 1 is 1.10 bits per heavy atom. The van der Waals surface area contributed by atoms with Crippen molar-refractivity contribution in [3.8, 4) is 16.9 Å². The molecule has 5 heteroatoms. The SMILES string of the molecule is Cc1cccc(-n2nc(-c3ccccc3)cc2C(=O)NCCCN2CCCCC2C)c1. The molecule has 1 unspecified atom stereocenters. The number of benzene rings is 2. The highest BCUT2D eigenvalue weighted by Gasteiger charge is 2.19. The molecule has 2 heterocycles. The Morgan fingerprint density at radius 2 is 1.94 bits per heavy atom. The van der Waals surface area contributed by atoms with Gasteiger partial charge in [0.15, 0.2) is 0 Å². The lowest BCUT2D eigenvalue weighted by molar-refractivity contribution is 0.0941. The summed E-state index contributed by atoms with van der Waals surface area (Å²) < 4.78 is 1.76. The summed E-state index contributed by atoms with van der Waals surface area (Å²) in [6, 6.07) is 20.6. The molecule has 1 fully saturated rings. The summed E-state index contributed by atoms with van der Waals surface area (Å²) in [5.41, 5.74) is 4.40. The molecule has 0 saturated carbocycles. The minimum absolute atomic E-state index is 0.0807. The van der Waals surface area contributed by atoms with E-state index < -0.39 is 0 Å². The molecule has 2 aromatic carbocycles. The van der Waals surface area contributed by atoms with Crippen molar-refractivity contribution in [1.29, 1.82) is 0 Å². The van der Waals surface area contributed by atoms with E-state index in [9.17, 15) is 4.79 Å². The Labute approximate surface area is 185 Å². The molecule has 162 valence electrons. The van der Waals surface area contributed by atoms with Gasteiger partial charge in [0.2, 0.25) is 0 Å². The third-order valence-electron chi connectivity index (χ3n) is 6.11. The monoisotopic (exact) mass is 416 g/mol. The highest BCUT2D eigenvalue weighted by molar-refractivity contribution is 5.94. The number of hydrogen-bond acceptors (Lipinski definition) is 3. The minimum Gasteiger partial charge on any atom is -0.351 e. The number of hydrogen-bond donors (Lipinski definition) is 1. The fraction of sp³-hybridized carbons (Fsp3) is 0.385. The maximum Gasteiger partial charge on any atom is 0.270 e. The Morgan fingerprint density at radius 3 is 2.71 bits per heavy atom. The van der Waals surface area contributed by atoms with Crippen LogP contribution in [0.5, 0.6) is 0 Å². The minimum atomic E-state index is -0.0807. The molecular formula is C26H32N4O. The van der Waals surface area contributed by atoms with Crippen molar-refractivity contribution in [2.75, 3.05) is 19.6 Å². The van der Waals surface area contributed by atoms with Crippen LogP contribution >= 0.6 is 0 Å². The van der Waals surface area contributed by atoms with E-state index >= 15 is 0 Å². The summed E-state index contributed by atoms with van der Waals surface area (Å²) in [6.45, 7) is 7.24. The lowest BCUT2D eigenvalue weighted by Gasteiger charge is -2.33. The summed E-state index contributed by atoms with van der Waals surface area (Å²) >= 11 is 0. The second kappa shape index (κ2) is 9.92. The highest BCUT2D eigenvalue weighted by atomic mass is 16.2. The topological polar surface area (TPSA) is 50.2 Å². The van der Waals surface area contributed by atoms with Crippen molar-refractivity contribution in [3.05, 3.63) is 71.9 Å². The van der Waals surface area contributed by atoms with Gasteiger partial charge in [-0.05, 0) is 63.4 Å². The molecule has 0 radical (unpaired) electrons. The van der Waals surface area contributed by atoms with Crippen molar-refractivity contribution < 1.29 is 4.79 Å². The van der Waals surface area contributed by atoms with E-state index in [1.807, 2.05) is 61.5 Å². The first-order valence-electron chi connectivity index (χ1n) is 11.4. The third kappa shape index (κ3) is 5.23. The summed E-state index contributed by atoms with van der Waals surface area (Å²) in [6.07, 6.45) is 4.86. The quantitative estimate of drug-likeness (QED) is 0.561. The maximum atomic E-state index is 13.1. The van der Waals surface area contributed by atoms with Gasteiger partial charge in [-0.3, -0.25) is 4.79 Å². The summed E-state index contributed by atoms with van der Waals surface area (Å²) in [4.78, 5) is 15.6. The molecule has 1 atom stereocenters. The van der Waals surface area contributed by atoms with Crippen LogP contribution in [0.2, 0.25) is 0 Å². The fourth-order valence-electron chi connectivity index (χ4n) is 4.31. The lowest BCUT2D eigenvalue weighted by Crippen LogP contribution is -2.39. The first-order valence-corrected chi connectivity index (χ1v) is 11.4. The number of aromatic nitrogens is 2. The normalized spacial score (nSPS) is 16.9. The zero-order valence-electron chi connectivity index (χ0n) is 18.6. The molecular weight excluding hydrogens is 384 g/mol. The Hall–Kier alpha value is -2.92. The van der Waals surface area contributed by atoms with Crippen molar-refractivity contribution in [3.63, 3.8) is 0 Å². The number of nitrogens with one attached hydrogen (secondary N) is 1. The van der Waals surface area contributed by atoms with Gasteiger partial charge >= 0.3 is 0 Å². The molecule has 1 amide bonds. The van der Waals surface area contributed by atoms with Crippen LogP contribution < -0.4 is 5.32 Å². The number of amides is 1. The van der Waals surface area contributed by atoms with Crippen LogP contribution in [0.4, 0.5) is 0 Å². The maximum absolute atomic E-state index is 13.1. The molecule has 1 saturated heterocycles. The zero-order chi connectivity index (χ0) is 21.6. The van der Waals surface area contributed by atoms with E-state index in [0.29, 0.717) is 18.3 Å². The fourth-order valence-corrected chi connectivity index (χ4v) is 4.31. The van der Waals surface area contributed by atoms with Gasteiger partial charge in [-0.15, -0.1) is 0 Å². The van der Waals surface area contributed by atoms with Gasteiger partial charge in [-0.25, -0.2) is 4.68 Å². The smallest absolute Gasteiger partial charge is 0.270 e. The van der Waals surface area contributed by atoms with Gasteiger partial charge < -0.3 is 10.2 Å². The number of rotatable bonds is 7. The molecule has 1 aliphatic heterocycles. The molecule has 1 N–H and O–H groups in total. The molecule has 31 heavy (non-hydrogen) atoms. The molecule has 4 rings (SSSR count). The van der Waals surface area contributed by atoms with Crippen LogP contribution in [0.3, 0.4) is 0 Å². The van der Waals surface area contributed by atoms with Gasteiger partial charge in [-0.2, -0.15) is 5.10 Å². The van der Waals surface area contributed by atoms with Crippen LogP contribution in [0, 0.1) is 6.92 Å². The lowest BCUT2D eigenvalue weighted by atomic mass is 10.0. The third-order valence-corrected chi connectivity index (χ3v) is 6.11. The first-order chi connectivity index (χ1) is 15.1. The van der Waals surface area contributed by atoms with Gasteiger partial charge in [0.1, 0.15) is 5.69 Å². The standard InChI is InChI=1S/C26H32N4O/c1-20-10-8-14-23(18-20)30-25(19-24(28-30)22-12-4-3-5-13-22)26(31)27-15-9-17-29-16-7-6-11-21(29)2/h3-5,8,10,12-14,18-19,21H,6-7,9,11,15-17H2,1-2H3,(H,27,31). The van der Waals surface area contributed by atoms with E-state index in [2.05, 4.69) is 23.2 Å².